The highest BCUT2D eigenvalue weighted by atomic mass is 35.5. The Morgan fingerprint density at radius 3 is 0.915 bits per heavy atom. The van der Waals surface area contributed by atoms with E-state index < -0.39 is 0 Å². The molecule has 0 saturated carbocycles. The summed E-state index contributed by atoms with van der Waals surface area (Å²) in [7, 11) is 0. The highest BCUT2D eigenvalue weighted by Gasteiger charge is 2.15. The van der Waals surface area contributed by atoms with Gasteiger partial charge in [0.2, 0.25) is 0 Å². The van der Waals surface area contributed by atoms with E-state index in [4.69, 9.17) is 33.2 Å². The van der Waals surface area contributed by atoms with Crippen molar-refractivity contribution in [2.45, 2.75) is 199 Å². The molecule has 0 saturated heterocycles. The second-order valence-electron chi connectivity index (χ2n) is 28.6. The minimum Gasteiger partial charge on any atom is -0.494 e. The number of H-pyrrole nitrogens is 7. The van der Waals surface area contributed by atoms with Crippen molar-refractivity contribution < 1.29 is 33.2 Å². The molecule has 9 N–H and O–H groups in total. The number of fused-ring (bicyclic) bond motifs is 7. The molecular formula is C97H135Cl4N9O7. The molecule has 0 spiro atoms. The van der Waals surface area contributed by atoms with Gasteiger partial charge >= 0.3 is 0 Å². The molecule has 0 aliphatic rings. The summed E-state index contributed by atoms with van der Waals surface area (Å²) in [6.07, 6.45) is 34.9. The van der Waals surface area contributed by atoms with Crippen molar-refractivity contribution >= 4 is 126 Å². The van der Waals surface area contributed by atoms with Crippen molar-refractivity contribution in [3.05, 3.63) is 210 Å². The number of nitrogens with one attached hydrogen (secondary N) is 9. The molecule has 0 bridgehead atoms. The number of para-hydroxylation sites is 2. The van der Waals surface area contributed by atoms with Gasteiger partial charge in [-0.05, 0) is 248 Å². The zero-order chi connectivity index (χ0) is 79.8. The number of benzene rings is 7. The van der Waals surface area contributed by atoms with Crippen molar-refractivity contribution in [2.75, 3.05) is 72.4 Å². The van der Waals surface area contributed by atoms with Crippen LogP contribution in [0.2, 0.25) is 0 Å². The zero-order valence-corrected chi connectivity index (χ0v) is 74.9. The molecule has 20 heteroatoms. The predicted molar refractivity (Wildman–Crippen MR) is 506 cm³/mol. The lowest BCUT2D eigenvalue weighted by molar-refractivity contribution is 0.312. The van der Waals surface area contributed by atoms with Crippen molar-refractivity contribution in [1.29, 1.82) is 0 Å². The third-order valence-corrected chi connectivity index (χ3v) is 19.9. The van der Waals surface area contributed by atoms with Gasteiger partial charge in [-0.15, -0.1) is 49.6 Å². The summed E-state index contributed by atoms with van der Waals surface area (Å²) in [5.41, 5.74) is 17.7. The molecule has 0 unspecified atom stereocenters. The Balaban J connectivity index is 0.000000256. The topological polar surface area (TPSA) is 199 Å². The van der Waals surface area contributed by atoms with Crippen molar-refractivity contribution in [2.24, 2.45) is 0 Å². The van der Waals surface area contributed by atoms with Gasteiger partial charge in [-0.1, -0.05) is 143 Å². The minimum absolute atomic E-state index is 0. The van der Waals surface area contributed by atoms with Gasteiger partial charge in [-0.25, -0.2) is 0 Å². The molecule has 0 aliphatic heterocycles. The van der Waals surface area contributed by atoms with Crippen LogP contribution < -0.4 is 43.8 Å². The zero-order valence-electron chi connectivity index (χ0n) is 71.7. The summed E-state index contributed by atoms with van der Waals surface area (Å²) in [5.74, 6) is 6.86. The number of aryl methyl sites for hydroxylation is 5. The van der Waals surface area contributed by atoms with Crippen LogP contribution in [-0.2, 0) is 44.9 Å². The Bertz CT molecular complexity index is 4770. The standard InChI is InChI=1S/C27H36N4O2.2C15H21NO.C14H19NO.2C13H17NO.4ClH/c1-3-32-22-6-8-26-24(16-22)20(18-30-26)10-14-28-12-5-13-29-15-11-21-19-31-27-9-7-23(33-4-2)17-25(21)27;2*1-3-5-10-17-14-9-6-8-13-15(14)12(7-4-2)11-16-13;1-3-6-11-10-15-12-7-5-8-13(14(11)12)16-9-4-2;2*1-3-6-10-9-14-13-11(10)7-5-8-12(13)15-4-2;;;;/h6-9,16-19,28-31H,3-5,10-15H2,1-2H3;2*6,8-9,11,16H,3-5,7,10H2,1-2H3;5,7-8,10,15H,3-4,6,9H2,1-2H3;2*5,7-9,14H,3-4,6H2,1-2H3;4*1H. The van der Waals surface area contributed by atoms with E-state index in [9.17, 15) is 0 Å². The minimum atomic E-state index is 0. The van der Waals surface area contributed by atoms with Crippen molar-refractivity contribution in [3.8, 4) is 40.2 Å². The van der Waals surface area contributed by atoms with Crippen LogP contribution in [0.3, 0.4) is 0 Å². The fourth-order valence-corrected chi connectivity index (χ4v) is 14.4. The number of hydrogen-bond acceptors (Lipinski definition) is 9. The summed E-state index contributed by atoms with van der Waals surface area (Å²) in [6.45, 7) is 34.8. The normalized spacial score (nSPS) is 10.7. The van der Waals surface area contributed by atoms with Crippen LogP contribution in [0.5, 0.6) is 40.2 Å². The monoisotopic (exact) mass is 1680 g/mol. The molecular weight excluding hydrogens is 1540 g/mol. The highest BCUT2D eigenvalue weighted by molar-refractivity contribution is 5.93. The lowest BCUT2D eigenvalue weighted by atomic mass is 10.1. The van der Waals surface area contributed by atoms with Gasteiger partial charge in [0.25, 0.3) is 0 Å². The Kier molecular flexibility index (Phi) is 46.2. The predicted octanol–water partition coefficient (Wildman–Crippen LogP) is 26.0. The lowest BCUT2D eigenvalue weighted by Crippen LogP contribution is -2.24. The average molecular weight is 1680 g/mol. The van der Waals surface area contributed by atoms with Crippen molar-refractivity contribution in [3.63, 3.8) is 0 Å². The Morgan fingerprint density at radius 1 is 0.248 bits per heavy atom. The molecule has 7 heterocycles. The Labute approximate surface area is 721 Å². The maximum absolute atomic E-state index is 5.89. The molecule has 14 rings (SSSR count). The first-order valence-corrected chi connectivity index (χ1v) is 42.6. The molecule has 16 nitrogen and oxygen atoms in total. The smallest absolute Gasteiger partial charge is 0.143 e. The van der Waals surface area contributed by atoms with E-state index in [1.54, 1.807) is 0 Å². The molecule has 0 aliphatic carbocycles. The van der Waals surface area contributed by atoms with Crippen molar-refractivity contribution in [1.82, 2.24) is 45.5 Å². The van der Waals surface area contributed by atoms with Gasteiger partial charge in [0, 0.05) is 109 Å². The molecule has 0 radical (unpaired) electrons. The summed E-state index contributed by atoms with van der Waals surface area (Å²) < 4.78 is 40.0. The Morgan fingerprint density at radius 2 is 0.564 bits per heavy atom. The molecule has 117 heavy (non-hydrogen) atoms. The SMILES string of the molecule is CCCCOc1cccc2[nH]cc(CCC)c12.CCCCOc1cccc2[nH]cc(CCC)c12.CCCOc1cccc2[nH]cc(CCC)c12.CCCc1c[nH]c2c(OCC)cccc12.CCCc1c[nH]c2c(OCC)cccc12.CCOc1ccc2[nH]cc(CCNCCCNCCc3c[nH]c4ccc(OCC)cc34)c2c1.Cl.Cl.Cl.Cl. The summed E-state index contributed by atoms with van der Waals surface area (Å²) in [5, 5.41) is 16.0. The van der Waals surface area contributed by atoms with Crippen LogP contribution in [0.25, 0.3) is 76.3 Å². The van der Waals surface area contributed by atoms with Crippen LogP contribution in [0, 0.1) is 0 Å². The molecule has 0 amide bonds. The maximum atomic E-state index is 5.89. The fraction of sp³-hybridized carbons (Fsp3) is 0.423. The second kappa shape index (κ2) is 54.9. The van der Waals surface area contributed by atoms with E-state index in [0.717, 1.165) is 187 Å². The van der Waals surface area contributed by atoms with E-state index in [0.29, 0.717) is 26.4 Å². The number of halogens is 4. The van der Waals surface area contributed by atoms with E-state index >= 15 is 0 Å². The first-order valence-electron chi connectivity index (χ1n) is 42.6. The summed E-state index contributed by atoms with van der Waals surface area (Å²) in [6, 6.07) is 43.6. The quantitative estimate of drug-likeness (QED) is 0.0168. The largest absolute Gasteiger partial charge is 0.494 e. The number of ether oxygens (including phenoxy) is 7. The van der Waals surface area contributed by atoms with Gasteiger partial charge < -0.3 is 78.7 Å². The maximum Gasteiger partial charge on any atom is 0.143 e. The van der Waals surface area contributed by atoms with Gasteiger partial charge in [0.15, 0.2) is 0 Å². The molecule has 0 atom stereocenters. The van der Waals surface area contributed by atoms with Crippen LogP contribution >= 0.6 is 49.6 Å². The van der Waals surface area contributed by atoms with Gasteiger partial charge in [-0.3, -0.25) is 0 Å². The number of aromatic amines is 7. The average Bonchev–Trinajstić information content (AvgIpc) is 1.65. The third-order valence-electron chi connectivity index (χ3n) is 19.9. The number of hydrogen-bond donors (Lipinski definition) is 9. The van der Waals surface area contributed by atoms with E-state index in [1.165, 1.54) is 130 Å². The first kappa shape index (κ1) is 98.6. The van der Waals surface area contributed by atoms with Crippen LogP contribution in [0.1, 0.15) is 193 Å². The summed E-state index contributed by atoms with van der Waals surface area (Å²) >= 11 is 0. The van der Waals surface area contributed by atoms with Crippen LogP contribution in [0.15, 0.2) is 171 Å². The lowest BCUT2D eigenvalue weighted by Gasteiger charge is -2.08. The molecule has 14 aromatic rings. The fourth-order valence-electron chi connectivity index (χ4n) is 14.4. The third kappa shape index (κ3) is 28.6. The molecule has 7 aromatic carbocycles. The van der Waals surface area contributed by atoms with Crippen LogP contribution in [-0.4, -0.2) is 107 Å². The van der Waals surface area contributed by atoms with Crippen LogP contribution in [0.4, 0.5) is 0 Å². The number of rotatable bonds is 39. The van der Waals surface area contributed by atoms with Gasteiger partial charge in [0.1, 0.15) is 40.2 Å². The number of aromatic nitrogens is 7. The van der Waals surface area contributed by atoms with E-state index in [-0.39, 0.29) is 49.6 Å². The number of unbranched alkanes of at least 4 members (excludes halogenated alkanes) is 2. The molecule has 0 fully saturated rings. The second-order valence-corrected chi connectivity index (χ2v) is 28.6. The van der Waals surface area contributed by atoms with Gasteiger partial charge in [-0.2, -0.15) is 0 Å². The summed E-state index contributed by atoms with van der Waals surface area (Å²) in [4.78, 5) is 23.3. The van der Waals surface area contributed by atoms with E-state index in [1.807, 2.05) is 58.0 Å². The highest BCUT2D eigenvalue weighted by Crippen LogP contribution is 2.35. The molecule has 7 aromatic heterocycles. The molecule has 638 valence electrons. The van der Waals surface area contributed by atoms with Gasteiger partial charge in [0.05, 0.1) is 57.3 Å². The van der Waals surface area contributed by atoms with E-state index in [2.05, 4.69) is 241 Å². The first-order chi connectivity index (χ1) is 55.6. The Hall–Kier alpha value is -9.00.